The van der Waals surface area contributed by atoms with E-state index in [2.05, 4.69) is 0 Å². The van der Waals surface area contributed by atoms with Gasteiger partial charge in [-0.25, -0.2) is 0 Å². The molecule has 0 atom stereocenters. The van der Waals surface area contributed by atoms with Gasteiger partial charge in [-0.2, -0.15) is 0 Å². The Morgan fingerprint density at radius 2 is 1.75 bits per heavy atom. The van der Waals surface area contributed by atoms with Gasteiger partial charge in [-0.05, 0) is 0 Å². The van der Waals surface area contributed by atoms with Gasteiger partial charge in [0.05, 0.1) is 0 Å². The van der Waals surface area contributed by atoms with E-state index in [4.69, 9.17) is 3.08 Å². The van der Waals surface area contributed by atoms with Crippen molar-refractivity contribution in [2.24, 2.45) is 0 Å². The van der Waals surface area contributed by atoms with Crippen LogP contribution in [0.2, 0.25) is 4.94 Å². The fourth-order valence-electron chi connectivity index (χ4n) is 0. The van der Waals surface area contributed by atoms with Gasteiger partial charge in [-0.15, -0.1) is 12.4 Å². The standard InChI is InChI=1S/CH3.ClH.O.Sn/h1H3;1H;;. The zero-order valence-corrected chi connectivity index (χ0v) is 5.99. The minimum absolute atomic E-state index is 0. The van der Waals surface area contributed by atoms with Crippen LogP contribution in [0.1, 0.15) is 0 Å². The van der Waals surface area contributed by atoms with Crippen molar-refractivity contribution in [3.8, 4) is 0 Å². The molecule has 3 heteroatoms. The predicted molar refractivity (Wildman–Crippen MR) is 19.6 cm³/mol. The SMILES string of the molecule is Cl.[CH3][Sn]=[O]. The Morgan fingerprint density at radius 1 is 1.75 bits per heavy atom. The number of hydrogen-bond acceptors (Lipinski definition) is 1. The Hall–Kier alpha value is 0.889. The first-order valence-corrected chi connectivity index (χ1v) is 4.72. The van der Waals surface area contributed by atoms with E-state index in [0.29, 0.717) is 0 Å². The number of rotatable bonds is 0. The second-order valence-corrected chi connectivity index (χ2v) is 1.37. The molecule has 0 saturated heterocycles. The maximum absolute atomic E-state index is 9.10. The molecule has 0 N–H and O–H groups in total. The third-order valence-electron chi connectivity index (χ3n) is 0. The average molecular weight is 186 g/mol. The number of halogens is 1. The van der Waals surface area contributed by atoms with Gasteiger partial charge < -0.3 is 0 Å². The summed E-state index contributed by atoms with van der Waals surface area (Å²) < 4.78 is 9.10. The fourth-order valence-corrected chi connectivity index (χ4v) is 0. The molecule has 0 aliphatic carbocycles. The molecule has 0 heterocycles. The molecule has 0 amide bonds. The van der Waals surface area contributed by atoms with Crippen LogP contribution in [0.4, 0.5) is 0 Å². The zero-order chi connectivity index (χ0) is 2.71. The van der Waals surface area contributed by atoms with Crippen molar-refractivity contribution in [2.75, 3.05) is 0 Å². The quantitative estimate of drug-likeness (QED) is 0.504. The molecular formula is CH4ClOSn. The Bertz CT molecular complexity index is 15.5. The van der Waals surface area contributed by atoms with Gasteiger partial charge in [0.25, 0.3) is 0 Å². The molecule has 0 aliphatic rings. The first-order valence-electron chi connectivity index (χ1n) is 0.704. The Labute approximate surface area is 41.8 Å². The van der Waals surface area contributed by atoms with Crippen LogP contribution in [-0.4, -0.2) is 21.1 Å². The van der Waals surface area contributed by atoms with Gasteiger partial charge in [-0.3, -0.25) is 0 Å². The monoisotopic (exact) mass is 187 g/mol. The molecule has 0 aromatic heterocycles. The van der Waals surface area contributed by atoms with Gasteiger partial charge >= 0.3 is 29.1 Å². The summed E-state index contributed by atoms with van der Waals surface area (Å²) in [7, 11) is 0. The van der Waals surface area contributed by atoms with Crippen LogP contribution in [0.5, 0.6) is 0 Å². The van der Waals surface area contributed by atoms with Crippen molar-refractivity contribution in [3.63, 3.8) is 0 Å². The summed E-state index contributed by atoms with van der Waals surface area (Å²) in [6, 6.07) is 0. The van der Waals surface area contributed by atoms with Crippen molar-refractivity contribution < 1.29 is 3.08 Å². The molecule has 0 unspecified atom stereocenters. The number of hydrogen-bond donors (Lipinski definition) is 0. The van der Waals surface area contributed by atoms with Crippen molar-refractivity contribution in [2.45, 2.75) is 4.94 Å². The van der Waals surface area contributed by atoms with Crippen molar-refractivity contribution in [1.29, 1.82) is 0 Å². The molecule has 0 aromatic carbocycles. The molecule has 0 rings (SSSR count). The molecule has 25 valence electrons. The van der Waals surface area contributed by atoms with E-state index in [9.17, 15) is 0 Å². The van der Waals surface area contributed by atoms with E-state index in [1.54, 1.807) is 4.94 Å². The molecule has 0 aromatic rings. The molecule has 0 aliphatic heterocycles. The molecule has 1 nitrogen and oxygen atoms in total. The van der Waals surface area contributed by atoms with E-state index < -0.39 is 21.1 Å². The van der Waals surface area contributed by atoms with Crippen LogP contribution < -0.4 is 0 Å². The van der Waals surface area contributed by atoms with Gasteiger partial charge in [0, 0.05) is 0 Å². The first-order chi connectivity index (χ1) is 1.41. The normalized spacial score (nSPS) is 3.25. The molecule has 0 saturated carbocycles. The third-order valence-corrected chi connectivity index (χ3v) is 0. The molecular weight excluding hydrogens is 182 g/mol. The van der Waals surface area contributed by atoms with E-state index >= 15 is 0 Å². The van der Waals surface area contributed by atoms with E-state index in [1.165, 1.54) is 0 Å². The summed E-state index contributed by atoms with van der Waals surface area (Å²) in [4.78, 5) is 1.74. The topological polar surface area (TPSA) is 17.1 Å². The molecule has 1 radical (unpaired) electrons. The summed E-state index contributed by atoms with van der Waals surface area (Å²) in [6.45, 7) is 0. The Kier molecular flexibility index (Phi) is 20.1. The summed E-state index contributed by atoms with van der Waals surface area (Å²) in [5.74, 6) is 0. The van der Waals surface area contributed by atoms with Crippen LogP contribution in [0.3, 0.4) is 0 Å². The first kappa shape index (κ1) is 8.86. The van der Waals surface area contributed by atoms with Crippen molar-refractivity contribution in [1.82, 2.24) is 0 Å². The van der Waals surface area contributed by atoms with E-state index in [-0.39, 0.29) is 12.4 Å². The van der Waals surface area contributed by atoms with Gasteiger partial charge in [0.2, 0.25) is 0 Å². The van der Waals surface area contributed by atoms with Crippen LogP contribution in [0, 0.1) is 0 Å². The summed E-state index contributed by atoms with van der Waals surface area (Å²) in [5, 5.41) is 0. The van der Waals surface area contributed by atoms with Crippen molar-refractivity contribution in [3.05, 3.63) is 0 Å². The summed E-state index contributed by atoms with van der Waals surface area (Å²) in [6.07, 6.45) is 0. The molecule has 0 fully saturated rings. The predicted octanol–water partition coefficient (Wildman–Crippen LogP) is 0.506. The molecule has 4 heavy (non-hydrogen) atoms. The second-order valence-electron chi connectivity index (χ2n) is 0.204. The van der Waals surface area contributed by atoms with Crippen LogP contribution in [0.25, 0.3) is 0 Å². The zero-order valence-electron chi connectivity index (χ0n) is 2.32. The maximum atomic E-state index is 9.10. The summed E-state index contributed by atoms with van der Waals surface area (Å²) in [5.41, 5.74) is 0. The third kappa shape index (κ3) is 13.0. The fraction of sp³-hybridized carbons (Fsp3) is 1.00. The molecule has 0 spiro atoms. The summed E-state index contributed by atoms with van der Waals surface area (Å²) >= 11 is -1.02. The van der Waals surface area contributed by atoms with Gasteiger partial charge in [0.15, 0.2) is 0 Å². The van der Waals surface area contributed by atoms with Crippen LogP contribution >= 0.6 is 12.4 Å². The minimum atomic E-state index is -1.02. The van der Waals surface area contributed by atoms with Gasteiger partial charge in [0.1, 0.15) is 0 Å². The van der Waals surface area contributed by atoms with Crippen LogP contribution in [-0.2, 0) is 3.08 Å². The molecule has 0 bridgehead atoms. The van der Waals surface area contributed by atoms with Crippen molar-refractivity contribution >= 4 is 33.5 Å². The van der Waals surface area contributed by atoms with Crippen LogP contribution in [0.15, 0.2) is 0 Å². The Balaban J connectivity index is 0. The van der Waals surface area contributed by atoms with E-state index in [0.717, 1.165) is 0 Å². The second kappa shape index (κ2) is 9.10. The van der Waals surface area contributed by atoms with E-state index in [1.807, 2.05) is 0 Å². The van der Waals surface area contributed by atoms with Gasteiger partial charge in [-0.1, -0.05) is 0 Å². The Morgan fingerprint density at radius 3 is 1.75 bits per heavy atom. The average Bonchev–Trinajstić information content (AvgIpc) is 0.918.